The monoisotopic (exact) mass is 420 g/mol. The third-order valence-electron chi connectivity index (χ3n) is 6.15. The van der Waals surface area contributed by atoms with Gasteiger partial charge in [0.05, 0.1) is 17.3 Å². The van der Waals surface area contributed by atoms with Gasteiger partial charge in [0.2, 0.25) is 0 Å². The summed E-state index contributed by atoms with van der Waals surface area (Å²) < 4.78 is 0. The third kappa shape index (κ3) is 3.77. The zero-order valence-electron chi connectivity index (χ0n) is 19.1. The molecule has 0 spiro atoms. The van der Waals surface area contributed by atoms with Gasteiger partial charge >= 0.3 is 0 Å². The average Bonchev–Trinajstić information content (AvgIpc) is 3.25. The van der Waals surface area contributed by atoms with E-state index in [1.54, 1.807) is 0 Å². The zero-order chi connectivity index (χ0) is 22.3. The van der Waals surface area contributed by atoms with E-state index in [0.717, 1.165) is 40.1 Å². The Morgan fingerprint density at radius 1 is 0.906 bits per heavy atom. The lowest BCUT2D eigenvalue weighted by Crippen LogP contribution is -2.34. The second-order valence-electron chi connectivity index (χ2n) is 9.60. The van der Waals surface area contributed by atoms with Gasteiger partial charge in [-0.2, -0.15) is 0 Å². The van der Waals surface area contributed by atoms with Crippen molar-refractivity contribution in [3.63, 3.8) is 0 Å². The summed E-state index contributed by atoms with van der Waals surface area (Å²) in [5.41, 5.74) is 6.50. The predicted octanol–water partition coefficient (Wildman–Crippen LogP) is 6.29. The molecule has 4 nitrogen and oxygen atoms in total. The third-order valence-corrected chi connectivity index (χ3v) is 6.15. The minimum Gasteiger partial charge on any atom is -0.324 e. The molecule has 0 radical (unpaired) electrons. The van der Waals surface area contributed by atoms with Gasteiger partial charge in [-0.3, -0.25) is 15.0 Å². The Balaban J connectivity index is 1.63. The molecule has 0 amide bonds. The molecule has 5 rings (SSSR count). The summed E-state index contributed by atoms with van der Waals surface area (Å²) in [6.45, 7) is 9.77. The number of hydrogen-bond acceptors (Lipinski definition) is 4. The molecule has 1 atom stereocenters. The van der Waals surface area contributed by atoms with Crippen molar-refractivity contribution in [1.82, 2.24) is 9.97 Å². The number of amidine groups is 1. The largest absolute Gasteiger partial charge is 0.324 e. The van der Waals surface area contributed by atoms with Gasteiger partial charge in [-0.25, -0.2) is 0 Å². The van der Waals surface area contributed by atoms with Crippen LogP contribution < -0.4 is 4.90 Å². The highest BCUT2D eigenvalue weighted by molar-refractivity contribution is 6.17. The number of anilines is 1. The molecule has 4 heteroatoms. The molecule has 32 heavy (non-hydrogen) atoms. The number of aryl methyl sites for hydroxylation is 1. The van der Waals surface area contributed by atoms with Crippen molar-refractivity contribution in [3.8, 4) is 11.3 Å². The molecule has 160 valence electrons. The first-order chi connectivity index (χ1) is 15.4. The highest BCUT2D eigenvalue weighted by atomic mass is 15.3. The van der Waals surface area contributed by atoms with E-state index in [1.165, 1.54) is 11.3 Å². The van der Waals surface area contributed by atoms with E-state index in [0.29, 0.717) is 0 Å². The van der Waals surface area contributed by atoms with Gasteiger partial charge in [0.1, 0.15) is 5.84 Å². The highest BCUT2D eigenvalue weighted by Gasteiger charge is 2.35. The summed E-state index contributed by atoms with van der Waals surface area (Å²) in [4.78, 5) is 16.9. The van der Waals surface area contributed by atoms with Crippen LogP contribution in [0.25, 0.3) is 22.2 Å². The number of para-hydroxylation sites is 1. The van der Waals surface area contributed by atoms with Gasteiger partial charge in [0.25, 0.3) is 0 Å². The van der Waals surface area contributed by atoms with Crippen LogP contribution in [-0.2, 0) is 0 Å². The molecule has 2 aromatic carbocycles. The first kappa shape index (κ1) is 20.4. The van der Waals surface area contributed by atoms with Crippen LogP contribution in [0.3, 0.4) is 0 Å². The second-order valence-corrected chi connectivity index (χ2v) is 9.60. The summed E-state index contributed by atoms with van der Waals surface area (Å²) in [5, 5.41) is 1.09. The lowest BCUT2D eigenvalue weighted by molar-refractivity contribution is 0.337. The summed E-state index contributed by atoms with van der Waals surface area (Å²) in [6.07, 6.45) is 3.73. The highest BCUT2D eigenvalue weighted by Crippen LogP contribution is 2.34. The molecule has 0 unspecified atom stereocenters. The minimum atomic E-state index is 0.0782. The summed E-state index contributed by atoms with van der Waals surface area (Å²) >= 11 is 0. The van der Waals surface area contributed by atoms with Gasteiger partial charge in [-0.05, 0) is 48.7 Å². The number of benzene rings is 2. The Hall–Kier alpha value is -3.53. The fourth-order valence-electron chi connectivity index (χ4n) is 4.17. The molecule has 3 heterocycles. The van der Waals surface area contributed by atoms with Crippen molar-refractivity contribution < 1.29 is 0 Å². The molecular formula is C28H28N4. The summed E-state index contributed by atoms with van der Waals surface area (Å²) in [5.74, 6) is 0.998. The number of rotatable bonds is 3. The van der Waals surface area contributed by atoms with Crippen molar-refractivity contribution in [1.29, 1.82) is 0 Å². The lowest BCUT2D eigenvalue weighted by atomic mass is 9.87. The smallest absolute Gasteiger partial charge is 0.138 e. The number of pyridine rings is 2. The number of aliphatic imine (C=N–C) groups is 1. The molecule has 0 N–H and O–H groups in total. The first-order valence-corrected chi connectivity index (χ1v) is 11.1. The van der Waals surface area contributed by atoms with Crippen molar-refractivity contribution in [2.24, 2.45) is 10.4 Å². The molecule has 0 saturated carbocycles. The average molecular weight is 421 g/mol. The van der Waals surface area contributed by atoms with Gasteiger partial charge < -0.3 is 4.90 Å². The lowest BCUT2D eigenvalue weighted by Gasteiger charge is -2.26. The molecule has 4 aromatic rings. The summed E-state index contributed by atoms with van der Waals surface area (Å²) in [6, 6.07) is 23.4. The fourth-order valence-corrected chi connectivity index (χ4v) is 4.17. The first-order valence-electron chi connectivity index (χ1n) is 11.1. The number of nitrogens with zero attached hydrogens (tertiary/aromatic N) is 4. The number of fused-ring (bicyclic) bond motifs is 1. The Morgan fingerprint density at radius 3 is 2.44 bits per heavy atom. The summed E-state index contributed by atoms with van der Waals surface area (Å²) in [7, 11) is 0. The van der Waals surface area contributed by atoms with E-state index in [9.17, 15) is 0 Å². The second kappa shape index (κ2) is 7.86. The minimum absolute atomic E-state index is 0.0782. The fraction of sp³-hybridized carbons (Fsp3) is 0.250. The molecule has 0 saturated heterocycles. The van der Waals surface area contributed by atoms with Crippen LogP contribution in [0, 0.1) is 12.3 Å². The molecule has 0 fully saturated rings. The van der Waals surface area contributed by atoms with Crippen LogP contribution in [0.1, 0.15) is 31.9 Å². The van der Waals surface area contributed by atoms with Crippen molar-refractivity contribution in [3.05, 3.63) is 90.3 Å². The van der Waals surface area contributed by atoms with Crippen LogP contribution in [0.15, 0.2) is 84.1 Å². The van der Waals surface area contributed by atoms with Gasteiger partial charge in [-0.15, -0.1) is 0 Å². The van der Waals surface area contributed by atoms with E-state index < -0.39 is 0 Å². The molecule has 0 aliphatic carbocycles. The maximum atomic E-state index is 5.23. The molecule has 0 bridgehead atoms. The van der Waals surface area contributed by atoms with Crippen molar-refractivity contribution in [2.75, 3.05) is 11.4 Å². The quantitative estimate of drug-likeness (QED) is 0.391. The molecular weight excluding hydrogens is 392 g/mol. The standard InChI is InChI=1S/C28H28N4/c1-19-11-13-22(14-12-19)32-18-25(28(2,3)4)31-27(32)23-9-7-8-20-16-21(17-30-26(20)23)24-10-5-6-15-29-24/h5-17,25H,18H2,1-4H3/t25-/m1/s1. The van der Waals surface area contributed by atoms with Gasteiger partial charge in [0, 0.05) is 41.1 Å². The molecule has 1 aliphatic heterocycles. The van der Waals surface area contributed by atoms with Crippen molar-refractivity contribution in [2.45, 2.75) is 33.7 Å². The Morgan fingerprint density at radius 2 is 1.72 bits per heavy atom. The van der Waals surface area contributed by atoms with E-state index in [4.69, 9.17) is 9.98 Å². The van der Waals surface area contributed by atoms with Crippen molar-refractivity contribution >= 4 is 22.4 Å². The van der Waals surface area contributed by atoms with E-state index in [-0.39, 0.29) is 11.5 Å². The Bertz CT molecular complexity index is 1280. The Labute approximate surface area is 189 Å². The van der Waals surface area contributed by atoms with E-state index in [1.807, 2.05) is 30.6 Å². The van der Waals surface area contributed by atoms with E-state index >= 15 is 0 Å². The maximum absolute atomic E-state index is 5.23. The number of hydrogen-bond donors (Lipinski definition) is 0. The van der Waals surface area contributed by atoms with Gasteiger partial charge in [-0.1, -0.05) is 56.7 Å². The molecule has 2 aromatic heterocycles. The van der Waals surface area contributed by atoms with Gasteiger partial charge in [0.15, 0.2) is 0 Å². The topological polar surface area (TPSA) is 41.4 Å². The number of aromatic nitrogens is 2. The zero-order valence-corrected chi connectivity index (χ0v) is 19.1. The van der Waals surface area contributed by atoms with Crippen LogP contribution in [0.4, 0.5) is 5.69 Å². The SMILES string of the molecule is Cc1ccc(N2C[C@H](C(C)(C)C)N=C2c2cccc3cc(-c4ccccn4)cnc23)cc1. The molecule has 1 aliphatic rings. The Kier molecular flexibility index (Phi) is 5.01. The van der Waals surface area contributed by atoms with E-state index in [2.05, 4.69) is 86.1 Å². The maximum Gasteiger partial charge on any atom is 0.138 e. The predicted molar refractivity (Wildman–Crippen MR) is 133 cm³/mol. The van der Waals surface area contributed by atoms with Crippen LogP contribution in [0.2, 0.25) is 0 Å². The van der Waals surface area contributed by atoms with Crippen LogP contribution in [0.5, 0.6) is 0 Å². The van der Waals surface area contributed by atoms with Crippen LogP contribution >= 0.6 is 0 Å². The van der Waals surface area contributed by atoms with Crippen LogP contribution in [-0.4, -0.2) is 28.4 Å². The normalized spacial score (nSPS) is 16.4.